The maximum Gasteiger partial charge on any atom is 0.416 e. The molecule has 166 valence electrons. The Morgan fingerprint density at radius 2 is 1.75 bits per heavy atom. The molecule has 3 aromatic rings. The number of urea groups is 1. The Hall–Kier alpha value is -2.80. The standard InChI is InChI=1S/C25H23F3N2OS/c26-25(27,28)17-9-6-10-18(15-17)29-24(31)30-14-13-20-19-11-4-5-12-21(19)32-23(20)22(30)16-7-2-1-3-8-16/h1-3,6-10,15,22H,4-5,11-14H2,(H,29,31). The van der Waals surface area contributed by atoms with Crippen LogP contribution in [0.3, 0.4) is 0 Å². The predicted octanol–water partition coefficient (Wildman–Crippen LogP) is 6.83. The van der Waals surface area contributed by atoms with Crippen LogP contribution < -0.4 is 5.32 Å². The first kappa shape index (κ1) is 21.1. The minimum atomic E-state index is -4.45. The lowest BCUT2D eigenvalue weighted by Crippen LogP contribution is -2.42. The van der Waals surface area contributed by atoms with Gasteiger partial charge in [0.1, 0.15) is 0 Å². The number of halogens is 3. The van der Waals surface area contributed by atoms with Gasteiger partial charge in [-0.2, -0.15) is 13.2 Å². The molecule has 0 fully saturated rings. The number of rotatable bonds is 2. The van der Waals surface area contributed by atoms with Crippen molar-refractivity contribution in [3.8, 4) is 0 Å². The molecular weight excluding hydrogens is 433 g/mol. The van der Waals surface area contributed by atoms with Crippen LogP contribution in [0.15, 0.2) is 54.6 Å². The van der Waals surface area contributed by atoms with Crippen LogP contribution >= 0.6 is 11.3 Å². The van der Waals surface area contributed by atoms with Crippen LogP contribution in [0.2, 0.25) is 0 Å². The smallest absolute Gasteiger partial charge is 0.312 e. The molecule has 3 nitrogen and oxygen atoms in total. The predicted molar refractivity (Wildman–Crippen MR) is 120 cm³/mol. The van der Waals surface area contributed by atoms with E-state index in [1.165, 1.54) is 45.9 Å². The summed E-state index contributed by atoms with van der Waals surface area (Å²) in [6.45, 7) is 0.528. The third-order valence-corrected chi connectivity index (χ3v) is 7.68. The van der Waals surface area contributed by atoms with Gasteiger partial charge in [-0.25, -0.2) is 4.79 Å². The van der Waals surface area contributed by atoms with E-state index in [0.29, 0.717) is 6.54 Å². The van der Waals surface area contributed by atoms with Crippen molar-refractivity contribution >= 4 is 23.1 Å². The Balaban J connectivity index is 1.49. The molecule has 0 bridgehead atoms. The molecule has 1 aromatic heterocycles. The molecule has 7 heteroatoms. The second-order valence-corrected chi connectivity index (χ2v) is 9.46. The molecule has 1 aliphatic heterocycles. The highest BCUT2D eigenvalue weighted by atomic mass is 32.1. The lowest BCUT2D eigenvalue weighted by molar-refractivity contribution is -0.137. The molecule has 1 aliphatic carbocycles. The maximum atomic E-state index is 13.3. The molecule has 32 heavy (non-hydrogen) atoms. The van der Waals surface area contributed by atoms with Crippen LogP contribution in [0, 0.1) is 0 Å². The summed E-state index contributed by atoms with van der Waals surface area (Å²) in [5.74, 6) is 0. The van der Waals surface area contributed by atoms with E-state index in [4.69, 9.17) is 0 Å². The van der Waals surface area contributed by atoms with Gasteiger partial charge in [0.25, 0.3) is 0 Å². The molecule has 2 heterocycles. The van der Waals surface area contributed by atoms with Gasteiger partial charge in [-0.05, 0) is 67.0 Å². The number of carbonyl (C=O) groups excluding carboxylic acids is 1. The fourth-order valence-corrected chi connectivity index (χ4v) is 6.39. The average Bonchev–Trinajstić information content (AvgIpc) is 3.17. The lowest BCUT2D eigenvalue weighted by atomic mass is 9.88. The Morgan fingerprint density at radius 1 is 0.969 bits per heavy atom. The fraction of sp³-hybridized carbons (Fsp3) is 0.320. The summed E-state index contributed by atoms with van der Waals surface area (Å²) in [5, 5.41) is 2.71. The van der Waals surface area contributed by atoms with E-state index in [0.717, 1.165) is 37.0 Å². The van der Waals surface area contributed by atoms with E-state index >= 15 is 0 Å². The zero-order valence-electron chi connectivity index (χ0n) is 17.4. The van der Waals surface area contributed by atoms with Crippen molar-refractivity contribution in [1.82, 2.24) is 4.90 Å². The van der Waals surface area contributed by atoms with Gasteiger partial charge in [0, 0.05) is 22.0 Å². The van der Waals surface area contributed by atoms with Crippen molar-refractivity contribution in [2.75, 3.05) is 11.9 Å². The van der Waals surface area contributed by atoms with Crippen molar-refractivity contribution in [2.24, 2.45) is 0 Å². The highest BCUT2D eigenvalue weighted by Gasteiger charge is 2.37. The molecule has 2 amide bonds. The third-order valence-electron chi connectivity index (χ3n) is 6.29. The van der Waals surface area contributed by atoms with E-state index in [9.17, 15) is 18.0 Å². The molecule has 2 aliphatic rings. The summed E-state index contributed by atoms with van der Waals surface area (Å²) < 4.78 is 39.3. The first-order valence-electron chi connectivity index (χ1n) is 10.8. The van der Waals surface area contributed by atoms with E-state index in [-0.39, 0.29) is 17.8 Å². The van der Waals surface area contributed by atoms with E-state index in [1.807, 2.05) is 30.3 Å². The highest BCUT2D eigenvalue weighted by Crippen LogP contribution is 2.45. The van der Waals surface area contributed by atoms with Crippen LogP contribution in [0.5, 0.6) is 0 Å². The van der Waals surface area contributed by atoms with Gasteiger partial charge in [0.05, 0.1) is 11.6 Å². The summed E-state index contributed by atoms with van der Waals surface area (Å²) in [4.78, 5) is 17.7. The first-order valence-corrected chi connectivity index (χ1v) is 11.7. The molecule has 2 aromatic carbocycles. The molecule has 0 spiro atoms. The van der Waals surface area contributed by atoms with Crippen LogP contribution in [0.1, 0.15) is 50.9 Å². The quantitative estimate of drug-likeness (QED) is 0.451. The number of aryl methyl sites for hydroxylation is 1. The van der Waals surface area contributed by atoms with Gasteiger partial charge in [0.2, 0.25) is 0 Å². The number of nitrogens with zero attached hydrogens (tertiary/aromatic N) is 1. The average molecular weight is 457 g/mol. The summed E-state index contributed by atoms with van der Waals surface area (Å²) in [6, 6.07) is 14.1. The molecular formula is C25H23F3N2OS. The maximum absolute atomic E-state index is 13.3. The largest absolute Gasteiger partial charge is 0.416 e. The summed E-state index contributed by atoms with van der Waals surface area (Å²) >= 11 is 1.80. The number of thiophene rings is 1. The Kier molecular flexibility index (Phi) is 5.45. The van der Waals surface area contributed by atoms with Gasteiger partial charge in [-0.3, -0.25) is 0 Å². The van der Waals surface area contributed by atoms with Crippen LogP contribution in [0.25, 0.3) is 0 Å². The molecule has 1 unspecified atom stereocenters. The Morgan fingerprint density at radius 3 is 2.53 bits per heavy atom. The molecule has 0 saturated heterocycles. The monoisotopic (exact) mass is 456 g/mol. The van der Waals surface area contributed by atoms with Gasteiger partial charge in [0.15, 0.2) is 0 Å². The topological polar surface area (TPSA) is 32.3 Å². The minimum absolute atomic E-state index is 0.146. The van der Waals surface area contributed by atoms with Crippen molar-refractivity contribution in [1.29, 1.82) is 0 Å². The zero-order valence-corrected chi connectivity index (χ0v) is 18.2. The Bertz CT molecular complexity index is 1140. The van der Waals surface area contributed by atoms with Crippen molar-refractivity contribution < 1.29 is 18.0 Å². The van der Waals surface area contributed by atoms with Crippen molar-refractivity contribution in [2.45, 2.75) is 44.3 Å². The van der Waals surface area contributed by atoms with E-state index < -0.39 is 11.7 Å². The van der Waals surface area contributed by atoms with Crippen LogP contribution in [-0.4, -0.2) is 17.5 Å². The number of hydrogen-bond acceptors (Lipinski definition) is 2. The molecule has 0 radical (unpaired) electrons. The van der Waals surface area contributed by atoms with Gasteiger partial charge in [-0.1, -0.05) is 36.4 Å². The van der Waals surface area contributed by atoms with Crippen molar-refractivity contribution in [3.05, 3.63) is 86.6 Å². The number of carbonyl (C=O) groups is 1. The van der Waals surface area contributed by atoms with Gasteiger partial charge in [-0.15, -0.1) is 11.3 Å². The molecule has 1 atom stereocenters. The highest BCUT2D eigenvalue weighted by molar-refractivity contribution is 7.12. The normalized spacial score (nSPS) is 18.1. The number of amides is 2. The van der Waals surface area contributed by atoms with E-state index in [1.54, 1.807) is 16.2 Å². The second-order valence-electron chi connectivity index (χ2n) is 8.32. The second kappa shape index (κ2) is 8.28. The van der Waals surface area contributed by atoms with Crippen molar-refractivity contribution in [3.63, 3.8) is 0 Å². The SMILES string of the molecule is O=C(Nc1cccc(C(F)(F)F)c1)N1CCc2c(sc3c2CCCC3)C1c1ccccc1. The summed E-state index contributed by atoms with van der Waals surface area (Å²) in [5.41, 5.74) is 3.23. The molecule has 0 saturated carbocycles. The summed E-state index contributed by atoms with van der Waals surface area (Å²) in [7, 11) is 0. The molecule has 1 N–H and O–H groups in total. The lowest BCUT2D eigenvalue weighted by Gasteiger charge is -2.36. The molecule has 5 rings (SSSR count). The number of fused-ring (bicyclic) bond motifs is 3. The van der Waals surface area contributed by atoms with Crippen LogP contribution in [0.4, 0.5) is 23.7 Å². The number of nitrogens with one attached hydrogen (secondary N) is 1. The summed E-state index contributed by atoms with van der Waals surface area (Å²) in [6.07, 6.45) is 0.905. The van der Waals surface area contributed by atoms with Gasteiger partial charge < -0.3 is 10.2 Å². The number of benzene rings is 2. The van der Waals surface area contributed by atoms with Crippen LogP contribution in [-0.2, 0) is 25.4 Å². The van der Waals surface area contributed by atoms with E-state index in [2.05, 4.69) is 5.32 Å². The fourth-order valence-electron chi connectivity index (χ4n) is 4.80. The van der Waals surface area contributed by atoms with Gasteiger partial charge >= 0.3 is 12.2 Å². The number of hydrogen-bond donors (Lipinski definition) is 1. The number of alkyl halides is 3. The minimum Gasteiger partial charge on any atom is -0.312 e. The zero-order chi connectivity index (χ0) is 22.3. The Labute approximate surface area is 188 Å². The number of anilines is 1. The first-order chi connectivity index (χ1) is 15.4. The third kappa shape index (κ3) is 3.90.